The van der Waals surface area contributed by atoms with E-state index >= 15 is 0 Å². The number of aromatic nitrogens is 3. The Balaban J connectivity index is 1.42. The van der Waals surface area contributed by atoms with Crippen LogP contribution in [0.1, 0.15) is 50.3 Å². The summed E-state index contributed by atoms with van der Waals surface area (Å²) in [5, 5.41) is 7.25. The number of piperidine rings is 1. The Bertz CT molecular complexity index is 1330. The van der Waals surface area contributed by atoms with Crippen LogP contribution in [0.25, 0.3) is 11.1 Å². The monoisotopic (exact) mass is 562 g/mol. The lowest BCUT2D eigenvalue weighted by molar-refractivity contribution is -0.134. The minimum absolute atomic E-state index is 0.0104. The fraction of sp³-hybridized carbons (Fsp3) is 0.385. The van der Waals surface area contributed by atoms with Gasteiger partial charge in [0.05, 0.1) is 17.3 Å². The maximum atomic E-state index is 14.0. The zero-order valence-electron chi connectivity index (χ0n) is 21.1. The van der Waals surface area contributed by atoms with Crippen molar-refractivity contribution in [3.63, 3.8) is 0 Å². The SMILES string of the molecule is CNC(=O)CCC(=O)N1CCC(n2cc(-c3cnc(N)c(O[C@H](C)c4c(Cl)ccc(F)c4Cl)c3)cn2)CC1. The molecule has 0 radical (unpaired) electrons. The van der Waals surface area contributed by atoms with Gasteiger partial charge < -0.3 is 20.7 Å². The first-order chi connectivity index (χ1) is 18.2. The minimum Gasteiger partial charge on any atom is -0.482 e. The molecule has 1 aliphatic heterocycles. The maximum absolute atomic E-state index is 14.0. The molecule has 4 rings (SSSR count). The fourth-order valence-electron chi connectivity index (χ4n) is 4.44. The number of likely N-dealkylation sites (tertiary alicyclic amines) is 1. The molecular formula is C26H29Cl2FN6O3. The van der Waals surface area contributed by atoms with Crippen LogP contribution in [0, 0.1) is 5.82 Å². The molecule has 1 atom stereocenters. The summed E-state index contributed by atoms with van der Waals surface area (Å²) in [6, 6.07) is 4.51. The number of nitrogens with two attached hydrogens (primary N) is 1. The van der Waals surface area contributed by atoms with Gasteiger partial charge in [-0.05, 0) is 38.0 Å². The van der Waals surface area contributed by atoms with E-state index in [0.717, 1.165) is 24.0 Å². The first-order valence-corrected chi connectivity index (χ1v) is 13.0. The van der Waals surface area contributed by atoms with Gasteiger partial charge in [-0.1, -0.05) is 23.2 Å². The van der Waals surface area contributed by atoms with Gasteiger partial charge >= 0.3 is 0 Å². The van der Waals surface area contributed by atoms with Gasteiger partial charge in [-0.15, -0.1) is 0 Å². The zero-order valence-corrected chi connectivity index (χ0v) is 22.6. The highest BCUT2D eigenvalue weighted by Gasteiger charge is 2.25. The number of nitrogen functional groups attached to an aromatic ring is 1. The second-order valence-electron chi connectivity index (χ2n) is 9.12. The number of halogens is 3. The first-order valence-electron chi connectivity index (χ1n) is 12.3. The third kappa shape index (κ3) is 6.19. The molecule has 9 nitrogen and oxygen atoms in total. The van der Waals surface area contributed by atoms with Crippen molar-refractivity contribution in [1.82, 2.24) is 25.0 Å². The number of ether oxygens (including phenoxy) is 1. The topological polar surface area (TPSA) is 115 Å². The third-order valence-electron chi connectivity index (χ3n) is 6.64. The molecule has 0 spiro atoms. The molecular weight excluding hydrogens is 534 g/mol. The van der Waals surface area contributed by atoms with Crippen LogP contribution < -0.4 is 15.8 Å². The summed E-state index contributed by atoms with van der Waals surface area (Å²) in [5.74, 6) is -0.261. The molecule has 1 aromatic carbocycles. The van der Waals surface area contributed by atoms with Crippen molar-refractivity contribution in [2.45, 2.75) is 44.8 Å². The molecule has 0 aliphatic carbocycles. The number of hydrogen-bond donors (Lipinski definition) is 2. The predicted octanol–water partition coefficient (Wildman–Crippen LogP) is 4.80. The van der Waals surface area contributed by atoms with Crippen LogP contribution in [0.5, 0.6) is 5.75 Å². The molecule has 38 heavy (non-hydrogen) atoms. The number of anilines is 1. The Hall–Kier alpha value is -3.37. The molecule has 3 heterocycles. The van der Waals surface area contributed by atoms with Crippen molar-refractivity contribution in [2.24, 2.45) is 0 Å². The number of rotatable bonds is 8. The second kappa shape index (κ2) is 12.0. The average molecular weight is 563 g/mol. The van der Waals surface area contributed by atoms with E-state index in [2.05, 4.69) is 15.4 Å². The Kier molecular flexibility index (Phi) is 8.73. The Morgan fingerprint density at radius 2 is 1.95 bits per heavy atom. The molecule has 1 saturated heterocycles. The van der Waals surface area contributed by atoms with E-state index in [1.54, 1.807) is 37.3 Å². The van der Waals surface area contributed by atoms with E-state index in [4.69, 9.17) is 33.7 Å². The van der Waals surface area contributed by atoms with Crippen LogP contribution in [0.4, 0.5) is 10.2 Å². The smallest absolute Gasteiger partial charge is 0.223 e. The second-order valence-corrected chi connectivity index (χ2v) is 9.90. The van der Waals surface area contributed by atoms with E-state index in [9.17, 15) is 14.0 Å². The molecule has 2 aromatic heterocycles. The number of carbonyl (C=O) groups excluding carboxylic acids is 2. The summed E-state index contributed by atoms with van der Waals surface area (Å²) >= 11 is 12.4. The van der Waals surface area contributed by atoms with Gasteiger partial charge in [-0.25, -0.2) is 9.37 Å². The molecule has 3 N–H and O–H groups in total. The summed E-state index contributed by atoms with van der Waals surface area (Å²) in [6.45, 7) is 2.92. The van der Waals surface area contributed by atoms with Gasteiger partial charge in [0.2, 0.25) is 11.8 Å². The van der Waals surface area contributed by atoms with Gasteiger partial charge in [0.25, 0.3) is 0 Å². The van der Waals surface area contributed by atoms with Crippen LogP contribution in [0.15, 0.2) is 36.8 Å². The summed E-state index contributed by atoms with van der Waals surface area (Å²) < 4.78 is 21.9. The van der Waals surface area contributed by atoms with Gasteiger partial charge in [-0.3, -0.25) is 14.3 Å². The van der Waals surface area contributed by atoms with E-state index in [0.29, 0.717) is 24.4 Å². The molecule has 2 amide bonds. The van der Waals surface area contributed by atoms with Crippen molar-refractivity contribution in [2.75, 3.05) is 25.9 Å². The normalized spacial score (nSPS) is 14.8. The van der Waals surface area contributed by atoms with E-state index in [1.165, 1.54) is 12.1 Å². The first kappa shape index (κ1) is 27.7. The number of carbonyl (C=O) groups is 2. The summed E-state index contributed by atoms with van der Waals surface area (Å²) in [6.07, 6.45) is 6.53. The predicted molar refractivity (Wildman–Crippen MR) is 143 cm³/mol. The van der Waals surface area contributed by atoms with Crippen LogP contribution >= 0.6 is 23.2 Å². The number of hydrogen-bond acceptors (Lipinski definition) is 6. The molecule has 202 valence electrons. The van der Waals surface area contributed by atoms with Crippen LogP contribution in [-0.2, 0) is 9.59 Å². The van der Waals surface area contributed by atoms with E-state index in [1.807, 2.05) is 10.9 Å². The average Bonchev–Trinajstić information content (AvgIpc) is 3.41. The molecule has 1 fully saturated rings. The van der Waals surface area contributed by atoms with Crippen molar-refractivity contribution in [1.29, 1.82) is 0 Å². The van der Waals surface area contributed by atoms with Crippen LogP contribution in [-0.4, -0.2) is 51.6 Å². The molecule has 0 unspecified atom stereocenters. The number of pyridine rings is 1. The molecule has 1 aliphatic rings. The summed E-state index contributed by atoms with van der Waals surface area (Å²) in [7, 11) is 1.56. The third-order valence-corrected chi connectivity index (χ3v) is 7.36. The number of amides is 2. The Morgan fingerprint density at radius 3 is 2.66 bits per heavy atom. The molecule has 0 saturated carbocycles. The minimum atomic E-state index is -0.683. The highest BCUT2D eigenvalue weighted by molar-refractivity contribution is 6.36. The Morgan fingerprint density at radius 1 is 1.21 bits per heavy atom. The number of benzene rings is 1. The van der Waals surface area contributed by atoms with Gasteiger partial charge in [0, 0.05) is 67.1 Å². The van der Waals surface area contributed by atoms with E-state index < -0.39 is 11.9 Å². The fourth-order valence-corrected chi connectivity index (χ4v) is 5.12. The number of nitrogens with zero attached hydrogens (tertiary/aromatic N) is 4. The largest absolute Gasteiger partial charge is 0.482 e. The van der Waals surface area contributed by atoms with Crippen molar-refractivity contribution in [3.8, 4) is 16.9 Å². The number of nitrogens with one attached hydrogen (secondary N) is 1. The van der Waals surface area contributed by atoms with Gasteiger partial charge in [0.1, 0.15) is 11.9 Å². The van der Waals surface area contributed by atoms with E-state index in [-0.39, 0.29) is 46.6 Å². The molecule has 12 heteroatoms. The summed E-state index contributed by atoms with van der Waals surface area (Å²) in [4.78, 5) is 29.9. The molecule has 3 aromatic rings. The van der Waals surface area contributed by atoms with Crippen molar-refractivity contribution >= 4 is 40.8 Å². The van der Waals surface area contributed by atoms with Gasteiger partial charge in [0.15, 0.2) is 11.6 Å². The summed E-state index contributed by atoms with van der Waals surface area (Å²) in [5.41, 5.74) is 7.94. The Labute approximate surface area is 230 Å². The molecule has 0 bridgehead atoms. The van der Waals surface area contributed by atoms with Crippen molar-refractivity contribution < 1.29 is 18.7 Å². The van der Waals surface area contributed by atoms with Crippen LogP contribution in [0.3, 0.4) is 0 Å². The maximum Gasteiger partial charge on any atom is 0.223 e. The van der Waals surface area contributed by atoms with Crippen molar-refractivity contribution in [3.05, 3.63) is 58.2 Å². The standard InChI is InChI=1S/C26H29Cl2FN6O3/c1-15(24-19(27)3-4-20(29)25(24)28)38-21-11-16(12-32-26(21)30)17-13-33-35(14-17)18-7-9-34(10-8-18)23(37)6-5-22(36)31-2/h3-4,11-15,18H,5-10H2,1-2H3,(H2,30,32)(H,31,36)/t15-/m1/s1. The van der Waals surface area contributed by atoms with Gasteiger partial charge in [-0.2, -0.15) is 5.10 Å². The lowest BCUT2D eigenvalue weighted by Crippen LogP contribution is -2.39. The lowest BCUT2D eigenvalue weighted by Gasteiger charge is -2.32. The highest BCUT2D eigenvalue weighted by Crippen LogP contribution is 2.37. The lowest BCUT2D eigenvalue weighted by atomic mass is 10.0. The quantitative estimate of drug-likeness (QED) is 0.381. The highest BCUT2D eigenvalue weighted by atomic mass is 35.5. The van der Waals surface area contributed by atoms with Crippen LogP contribution in [0.2, 0.25) is 10.0 Å². The zero-order chi connectivity index (χ0) is 27.4.